The summed E-state index contributed by atoms with van der Waals surface area (Å²) in [5.74, 6) is -2.57. The Balaban J connectivity index is 2.48. The lowest BCUT2D eigenvalue weighted by Gasteiger charge is -2.16. The zero-order chi connectivity index (χ0) is 14.4. The molecule has 1 aliphatic rings. The Morgan fingerprint density at radius 1 is 1.53 bits per heavy atom. The van der Waals surface area contributed by atoms with Gasteiger partial charge in [0, 0.05) is 12.8 Å². The predicted octanol–water partition coefficient (Wildman–Crippen LogP) is -1.21. The van der Waals surface area contributed by atoms with E-state index < -0.39 is 29.9 Å². The first-order valence-corrected chi connectivity index (χ1v) is 5.83. The summed E-state index contributed by atoms with van der Waals surface area (Å²) in [5, 5.41) is 13.7. The lowest BCUT2D eigenvalue weighted by Crippen LogP contribution is -2.48. The van der Waals surface area contributed by atoms with Crippen LogP contribution >= 0.6 is 0 Å². The van der Waals surface area contributed by atoms with Crippen molar-refractivity contribution in [2.75, 3.05) is 7.11 Å². The number of carboxylic acid groups (broad SMARTS) is 1. The number of aliphatic carboxylic acids is 1. The number of carboxylic acids is 1. The van der Waals surface area contributed by atoms with Gasteiger partial charge in [-0.2, -0.15) is 0 Å². The van der Waals surface area contributed by atoms with Crippen molar-refractivity contribution in [3.63, 3.8) is 0 Å². The number of ether oxygens (including phenoxy) is 1. The molecule has 1 heterocycles. The Bertz CT molecular complexity index is 395. The summed E-state index contributed by atoms with van der Waals surface area (Å²) in [7, 11) is 1.20. The molecule has 8 heteroatoms. The number of hydrogen-bond acceptors (Lipinski definition) is 5. The molecule has 1 unspecified atom stereocenters. The Labute approximate surface area is 109 Å². The molecule has 0 radical (unpaired) electrons. The number of methoxy groups -OCH3 is 1. The van der Waals surface area contributed by atoms with Gasteiger partial charge in [-0.25, -0.2) is 4.79 Å². The zero-order valence-electron chi connectivity index (χ0n) is 10.5. The van der Waals surface area contributed by atoms with Gasteiger partial charge >= 0.3 is 11.9 Å². The molecule has 0 bridgehead atoms. The van der Waals surface area contributed by atoms with Crippen molar-refractivity contribution in [1.29, 1.82) is 0 Å². The summed E-state index contributed by atoms with van der Waals surface area (Å²) in [4.78, 5) is 44.6. The molecule has 2 atom stereocenters. The monoisotopic (exact) mass is 272 g/mol. The van der Waals surface area contributed by atoms with E-state index in [1.807, 2.05) is 0 Å². The van der Waals surface area contributed by atoms with Crippen LogP contribution in [0.4, 0.5) is 0 Å². The third-order valence-corrected chi connectivity index (χ3v) is 2.79. The molecule has 1 aliphatic heterocycles. The van der Waals surface area contributed by atoms with Crippen LogP contribution in [0.5, 0.6) is 0 Å². The van der Waals surface area contributed by atoms with E-state index in [2.05, 4.69) is 15.4 Å². The summed E-state index contributed by atoms with van der Waals surface area (Å²) in [6.07, 6.45) is 0.422. The number of hydrogen-bond donors (Lipinski definition) is 3. The first-order chi connectivity index (χ1) is 8.93. The van der Waals surface area contributed by atoms with E-state index in [1.54, 1.807) is 0 Å². The predicted molar refractivity (Wildman–Crippen MR) is 62.0 cm³/mol. The summed E-state index contributed by atoms with van der Waals surface area (Å²) in [6, 6.07) is -1.88. The van der Waals surface area contributed by atoms with Gasteiger partial charge in [0.05, 0.1) is 7.11 Å². The topological polar surface area (TPSA) is 122 Å². The quantitative estimate of drug-likeness (QED) is 0.521. The first kappa shape index (κ1) is 14.9. The molecular weight excluding hydrogens is 256 g/mol. The lowest BCUT2D eigenvalue weighted by atomic mass is 10.1. The van der Waals surface area contributed by atoms with Crippen LogP contribution in [0.1, 0.15) is 25.7 Å². The fourth-order valence-corrected chi connectivity index (χ4v) is 1.70. The van der Waals surface area contributed by atoms with Crippen molar-refractivity contribution >= 4 is 23.8 Å². The van der Waals surface area contributed by atoms with Crippen LogP contribution in [0.25, 0.3) is 0 Å². The fraction of sp³-hybridized carbons (Fsp3) is 0.636. The van der Waals surface area contributed by atoms with E-state index in [4.69, 9.17) is 5.11 Å². The Morgan fingerprint density at radius 3 is 2.68 bits per heavy atom. The van der Waals surface area contributed by atoms with Crippen LogP contribution in [0.3, 0.4) is 0 Å². The lowest BCUT2D eigenvalue weighted by molar-refractivity contribution is -0.144. The number of amides is 2. The highest BCUT2D eigenvalue weighted by atomic mass is 16.5. The second-order valence-corrected chi connectivity index (χ2v) is 4.17. The molecule has 3 N–H and O–H groups in total. The number of nitrogens with one attached hydrogen (secondary N) is 2. The normalized spacial score (nSPS) is 19.4. The third-order valence-electron chi connectivity index (χ3n) is 2.79. The van der Waals surface area contributed by atoms with Gasteiger partial charge in [-0.1, -0.05) is 0 Å². The van der Waals surface area contributed by atoms with Gasteiger partial charge in [0.1, 0.15) is 12.1 Å². The van der Waals surface area contributed by atoms with E-state index >= 15 is 0 Å². The molecular formula is C11H16N2O6. The van der Waals surface area contributed by atoms with Crippen molar-refractivity contribution in [3.05, 3.63) is 0 Å². The molecule has 1 fully saturated rings. The van der Waals surface area contributed by atoms with Gasteiger partial charge < -0.3 is 20.5 Å². The maximum Gasteiger partial charge on any atom is 0.326 e. The summed E-state index contributed by atoms with van der Waals surface area (Å²) < 4.78 is 4.40. The molecule has 0 aliphatic carbocycles. The highest BCUT2D eigenvalue weighted by Crippen LogP contribution is 2.08. The third kappa shape index (κ3) is 4.57. The Kier molecular flexibility index (Phi) is 5.28. The summed E-state index contributed by atoms with van der Waals surface area (Å²) >= 11 is 0. The molecule has 8 nitrogen and oxygen atoms in total. The zero-order valence-corrected chi connectivity index (χ0v) is 10.5. The van der Waals surface area contributed by atoms with Gasteiger partial charge in [-0.05, 0) is 12.8 Å². The largest absolute Gasteiger partial charge is 0.480 e. The molecule has 19 heavy (non-hydrogen) atoms. The molecule has 106 valence electrons. The minimum Gasteiger partial charge on any atom is -0.480 e. The maximum atomic E-state index is 11.7. The maximum absolute atomic E-state index is 11.7. The molecule has 0 spiro atoms. The van der Waals surface area contributed by atoms with E-state index in [1.165, 1.54) is 7.11 Å². The highest BCUT2D eigenvalue weighted by Gasteiger charge is 2.30. The fourth-order valence-electron chi connectivity index (χ4n) is 1.70. The highest BCUT2D eigenvalue weighted by molar-refractivity contribution is 5.92. The van der Waals surface area contributed by atoms with Crippen molar-refractivity contribution < 1.29 is 29.0 Å². The van der Waals surface area contributed by atoms with Crippen molar-refractivity contribution in [3.8, 4) is 0 Å². The molecule has 1 saturated heterocycles. The SMILES string of the molecule is COC(=O)CCC(NC(=O)[C@@H]1CCC(=O)N1)C(=O)O. The first-order valence-electron chi connectivity index (χ1n) is 5.83. The van der Waals surface area contributed by atoms with Crippen LogP contribution in [0, 0.1) is 0 Å². The second kappa shape index (κ2) is 6.72. The average Bonchev–Trinajstić information content (AvgIpc) is 2.80. The number of carbonyl (C=O) groups excluding carboxylic acids is 3. The van der Waals surface area contributed by atoms with E-state index in [-0.39, 0.29) is 25.2 Å². The summed E-state index contributed by atoms with van der Waals surface area (Å²) in [6.45, 7) is 0. The molecule has 0 aromatic heterocycles. The van der Waals surface area contributed by atoms with Gasteiger partial charge in [0.25, 0.3) is 0 Å². The number of carbonyl (C=O) groups is 4. The summed E-state index contributed by atoms with van der Waals surface area (Å²) in [5.41, 5.74) is 0. The van der Waals surface area contributed by atoms with Gasteiger partial charge in [0.2, 0.25) is 11.8 Å². The van der Waals surface area contributed by atoms with E-state index in [0.29, 0.717) is 6.42 Å². The minimum absolute atomic E-state index is 0.0611. The molecule has 2 amide bonds. The van der Waals surface area contributed by atoms with E-state index in [9.17, 15) is 19.2 Å². The smallest absolute Gasteiger partial charge is 0.326 e. The number of esters is 1. The average molecular weight is 272 g/mol. The van der Waals surface area contributed by atoms with Crippen LogP contribution in [-0.4, -0.2) is 48.1 Å². The minimum atomic E-state index is -1.23. The number of rotatable bonds is 6. The van der Waals surface area contributed by atoms with Crippen LogP contribution in [0.15, 0.2) is 0 Å². The van der Waals surface area contributed by atoms with Gasteiger partial charge in [0.15, 0.2) is 0 Å². The Morgan fingerprint density at radius 2 is 2.21 bits per heavy atom. The second-order valence-electron chi connectivity index (χ2n) is 4.17. The van der Waals surface area contributed by atoms with Crippen molar-refractivity contribution in [2.45, 2.75) is 37.8 Å². The van der Waals surface area contributed by atoms with Gasteiger partial charge in [-0.15, -0.1) is 0 Å². The van der Waals surface area contributed by atoms with Crippen molar-refractivity contribution in [1.82, 2.24) is 10.6 Å². The molecule has 0 aromatic carbocycles. The van der Waals surface area contributed by atoms with Gasteiger partial charge in [-0.3, -0.25) is 14.4 Å². The van der Waals surface area contributed by atoms with Crippen LogP contribution < -0.4 is 10.6 Å². The Hall–Kier alpha value is -2.12. The van der Waals surface area contributed by atoms with Crippen LogP contribution in [0.2, 0.25) is 0 Å². The van der Waals surface area contributed by atoms with Crippen molar-refractivity contribution in [2.24, 2.45) is 0 Å². The molecule has 1 rings (SSSR count). The van der Waals surface area contributed by atoms with Crippen LogP contribution in [-0.2, 0) is 23.9 Å². The molecule has 0 saturated carbocycles. The van der Waals surface area contributed by atoms with E-state index in [0.717, 1.165) is 0 Å². The standard InChI is InChI=1S/C11H16N2O6/c1-19-9(15)5-3-7(11(17)18)13-10(16)6-2-4-8(14)12-6/h6-7H,2-5H2,1H3,(H,12,14)(H,13,16)(H,17,18)/t6-,7?/m0/s1. The molecule has 0 aromatic rings.